The van der Waals surface area contributed by atoms with Crippen molar-refractivity contribution in [1.82, 2.24) is 10.6 Å². The molecule has 0 aliphatic heterocycles. The van der Waals surface area contributed by atoms with Crippen molar-refractivity contribution < 1.29 is 38.2 Å². The topological polar surface area (TPSA) is 163 Å². The Labute approximate surface area is 258 Å². The van der Waals surface area contributed by atoms with Crippen LogP contribution in [0.3, 0.4) is 0 Å². The van der Waals surface area contributed by atoms with Crippen molar-refractivity contribution in [3.05, 3.63) is 59.7 Å². The summed E-state index contributed by atoms with van der Waals surface area (Å²) in [6, 6.07) is 13.3. The Morgan fingerprint density at radius 1 is 0.727 bits per heavy atom. The smallest absolute Gasteiger partial charge is 0.407 e. The number of hydrogen-bond donors (Lipinski definition) is 3. The molecule has 4 N–H and O–H groups in total. The third kappa shape index (κ3) is 10.1. The first-order valence-corrected chi connectivity index (χ1v) is 14.7. The molecule has 0 unspecified atom stereocenters. The van der Waals surface area contributed by atoms with Crippen LogP contribution in [0.2, 0.25) is 0 Å². The molecule has 0 fully saturated rings. The molecule has 11 nitrogen and oxygen atoms in total. The van der Waals surface area contributed by atoms with E-state index in [1.165, 1.54) is 0 Å². The zero-order valence-electron chi connectivity index (χ0n) is 26.2. The molecule has 0 saturated carbocycles. The van der Waals surface area contributed by atoms with E-state index < -0.39 is 53.1 Å². The lowest BCUT2D eigenvalue weighted by molar-refractivity contribution is -0.156. The number of nitrogens with one attached hydrogen (secondary N) is 2. The molecule has 238 valence electrons. The van der Waals surface area contributed by atoms with Crippen molar-refractivity contribution in [2.75, 3.05) is 6.61 Å². The fraction of sp³-hybridized carbons (Fsp3) is 0.485. The summed E-state index contributed by atoms with van der Waals surface area (Å²) >= 11 is 0. The van der Waals surface area contributed by atoms with Gasteiger partial charge in [-0.1, -0.05) is 48.5 Å². The van der Waals surface area contributed by atoms with Crippen LogP contribution in [-0.2, 0) is 33.4 Å². The molecule has 2 atom stereocenters. The van der Waals surface area contributed by atoms with Gasteiger partial charge in [0.25, 0.3) is 0 Å². The Kier molecular flexibility index (Phi) is 11.1. The number of carbonyl (C=O) groups is 5. The summed E-state index contributed by atoms with van der Waals surface area (Å²) in [6.07, 6.45) is -1.49. The summed E-state index contributed by atoms with van der Waals surface area (Å²) in [5.41, 5.74) is 8.21. The second-order valence-corrected chi connectivity index (χ2v) is 12.7. The van der Waals surface area contributed by atoms with Crippen LogP contribution in [0, 0.1) is 0 Å². The first-order valence-electron chi connectivity index (χ1n) is 14.7. The minimum Gasteiger partial charge on any atom is -0.460 e. The lowest BCUT2D eigenvalue weighted by Gasteiger charge is -2.24. The van der Waals surface area contributed by atoms with Gasteiger partial charge in [-0.2, -0.15) is 0 Å². The summed E-state index contributed by atoms with van der Waals surface area (Å²) in [7, 11) is 0. The van der Waals surface area contributed by atoms with Crippen LogP contribution in [0.15, 0.2) is 48.5 Å². The van der Waals surface area contributed by atoms with Crippen LogP contribution in [0.1, 0.15) is 84.3 Å². The van der Waals surface area contributed by atoms with Gasteiger partial charge in [0.1, 0.15) is 29.9 Å². The number of esters is 2. The number of rotatable bonds is 12. The molecular formula is C33H43N3O8. The molecule has 0 aromatic heterocycles. The van der Waals surface area contributed by atoms with Crippen LogP contribution in [0.25, 0.3) is 11.1 Å². The van der Waals surface area contributed by atoms with E-state index in [1.807, 2.05) is 48.5 Å². The summed E-state index contributed by atoms with van der Waals surface area (Å²) in [6.45, 7) is 10.3. The van der Waals surface area contributed by atoms with Crippen molar-refractivity contribution >= 4 is 29.8 Å². The fourth-order valence-corrected chi connectivity index (χ4v) is 4.92. The maximum Gasteiger partial charge on any atom is 0.407 e. The predicted octanol–water partition coefficient (Wildman–Crippen LogP) is 4.11. The van der Waals surface area contributed by atoms with Gasteiger partial charge in [-0.3, -0.25) is 19.2 Å². The molecule has 11 heteroatoms. The minimum atomic E-state index is -1.26. The van der Waals surface area contributed by atoms with Crippen molar-refractivity contribution in [1.29, 1.82) is 0 Å². The summed E-state index contributed by atoms with van der Waals surface area (Å²) < 4.78 is 16.2. The molecule has 3 rings (SSSR count). The molecule has 44 heavy (non-hydrogen) atoms. The molecule has 2 aromatic carbocycles. The zero-order valence-corrected chi connectivity index (χ0v) is 26.2. The van der Waals surface area contributed by atoms with Crippen molar-refractivity contribution in [3.8, 4) is 11.1 Å². The molecule has 3 amide bonds. The van der Waals surface area contributed by atoms with Gasteiger partial charge in [-0.05, 0) is 76.6 Å². The summed E-state index contributed by atoms with van der Waals surface area (Å²) in [5, 5.41) is 5.01. The Morgan fingerprint density at radius 3 is 1.64 bits per heavy atom. The van der Waals surface area contributed by atoms with Gasteiger partial charge >= 0.3 is 18.0 Å². The highest BCUT2D eigenvalue weighted by atomic mass is 16.6. The van der Waals surface area contributed by atoms with E-state index in [0.717, 1.165) is 22.3 Å². The zero-order chi connectivity index (χ0) is 32.7. The van der Waals surface area contributed by atoms with E-state index >= 15 is 0 Å². The summed E-state index contributed by atoms with van der Waals surface area (Å²) in [4.78, 5) is 63.0. The quantitative estimate of drug-likeness (QED) is 0.239. The van der Waals surface area contributed by atoms with E-state index in [4.69, 9.17) is 19.9 Å². The highest BCUT2D eigenvalue weighted by molar-refractivity contribution is 5.91. The van der Waals surface area contributed by atoms with E-state index in [9.17, 15) is 24.0 Å². The van der Waals surface area contributed by atoms with E-state index in [2.05, 4.69) is 10.6 Å². The van der Waals surface area contributed by atoms with Crippen molar-refractivity contribution in [2.24, 2.45) is 5.73 Å². The maximum atomic E-state index is 13.3. The Bertz CT molecular complexity index is 1330. The van der Waals surface area contributed by atoms with E-state index in [1.54, 1.807) is 41.5 Å². The van der Waals surface area contributed by atoms with Gasteiger partial charge in [-0.25, -0.2) is 4.79 Å². The second-order valence-electron chi connectivity index (χ2n) is 12.7. The Morgan fingerprint density at radius 2 is 1.18 bits per heavy atom. The van der Waals surface area contributed by atoms with Crippen molar-refractivity contribution in [2.45, 2.75) is 96.4 Å². The van der Waals surface area contributed by atoms with Gasteiger partial charge in [-0.15, -0.1) is 0 Å². The summed E-state index contributed by atoms with van der Waals surface area (Å²) in [5.74, 6) is -2.96. The second kappa shape index (κ2) is 14.4. The molecule has 0 saturated heterocycles. The van der Waals surface area contributed by atoms with Crippen LogP contribution in [0.4, 0.5) is 4.79 Å². The average Bonchev–Trinajstić information content (AvgIpc) is 3.23. The molecule has 1 aliphatic carbocycles. The molecular weight excluding hydrogens is 566 g/mol. The van der Waals surface area contributed by atoms with Gasteiger partial charge in [0.05, 0.1) is 0 Å². The maximum absolute atomic E-state index is 13.3. The van der Waals surface area contributed by atoms with Crippen LogP contribution in [-0.4, -0.2) is 59.7 Å². The predicted molar refractivity (Wildman–Crippen MR) is 163 cm³/mol. The lowest BCUT2D eigenvalue weighted by Crippen LogP contribution is -2.53. The molecule has 2 aromatic rings. The number of hydrogen-bond acceptors (Lipinski definition) is 8. The normalized spacial score (nSPS) is 14.0. The highest BCUT2D eigenvalue weighted by Crippen LogP contribution is 2.44. The lowest BCUT2D eigenvalue weighted by atomic mass is 9.98. The molecule has 0 bridgehead atoms. The van der Waals surface area contributed by atoms with E-state index in [0.29, 0.717) is 0 Å². The van der Waals surface area contributed by atoms with Crippen LogP contribution in [0.5, 0.6) is 0 Å². The third-order valence-electron chi connectivity index (χ3n) is 6.73. The van der Waals surface area contributed by atoms with Gasteiger partial charge in [0.2, 0.25) is 11.8 Å². The number of alkyl carbamates (subject to hydrolysis) is 1. The first kappa shape index (κ1) is 34.1. The number of benzene rings is 2. The molecule has 1 aliphatic rings. The Balaban J connectivity index is 1.69. The first-order chi connectivity index (χ1) is 20.5. The monoisotopic (exact) mass is 609 g/mol. The van der Waals surface area contributed by atoms with Crippen LogP contribution >= 0.6 is 0 Å². The molecule has 0 spiro atoms. The highest BCUT2D eigenvalue weighted by Gasteiger charge is 2.31. The standard InChI is InChI=1S/C33H43N3O8/c1-32(2,3)43-27(37)17-15-25(29(34)39)35-30(40)26(16-18-28(38)44-33(4,5)6)36-31(41)42-19-24-22-13-9-7-11-20(22)21-12-8-10-14-23(21)24/h7-14,24-26H,15-19H2,1-6H3,(H2,34,39)(H,35,40)(H,36,41)/t25-,26-/m0/s1. The fourth-order valence-electron chi connectivity index (χ4n) is 4.92. The number of amides is 3. The van der Waals surface area contributed by atoms with Gasteiger partial charge < -0.3 is 30.6 Å². The molecule has 0 radical (unpaired) electrons. The number of fused-ring (bicyclic) bond motifs is 3. The number of ether oxygens (including phenoxy) is 3. The SMILES string of the molecule is CC(C)(C)OC(=O)CC[C@H](NC(=O)[C@H](CCC(=O)OC(C)(C)C)NC(=O)OCC1c2ccccc2-c2ccccc21)C(N)=O. The minimum absolute atomic E-state index is 0.0140. The number of nitrogens with two attached hydrogens (primary N) is 1. The third-order valence-corrected chi connectivity index (χ3v) is 6.73. The Hall–Kier alpha value is -4.41. The van der Waals surface area contributed by atoms with Crippen LogP contribution < -0.4 is 16.4 Å². The average molecular weight is 610 g/mol. The number of primary amides is 1. The van der Waals surface area contributed by atoms with E-state index in [-0.39, 0.29) is 38.2 Å². The largest absolute Gasteiger partial charge is 0.460 e. The van der Waals surface area contributed by atoms with Gasteiger partial charge in [0, 0.05) is 18.8 Å². The van der Waals surface area contributed by atoms with Gasteiger partial charge in [0.15, 0.2) is 0 Å². The van der Waals surface area contributed by atoms with Crippen molar-refractivity contribution in [3.63, 3.8) is 0 Å². The molecule has 0 heterocycles. The number of carbonyl (C=O) groups excluding carboxylic acids is 5.